The molecular weight excluding hydrogens is 204 g/mol. The van der Waals surface area contributed by atoms with Crippen LogP contribution in [0.25, 0.3) is 0 Å². The van der Waals surface area contributed by atoms with E-state index in [2.05, 4.69) is 4.98 Å². The maximum Gasteiger partial charge on any atom is 0.310 e. The van der Waals surface area contributed by atoms with Gasteiger partial charge in [0.05, 0.1) is 13.0 Å². The summed E-state index contributed by atoms with van der Waals surface area (Å²) < 4.78 is 4.69. The molecule has 0 radical (unpaired) electrons. The minimum atomic E-state index is -0.183. The maximum absolute atomic E-state index is 11.3. The van der Waals surface area contributed by atoms with Gasteiger partial charge in [0.1, 0.15) is 0 Å². The van der Waals surface area contributed by atoms with Crippen LogP contribution in [-0.4, -0.2) is 31.7 Å². The molecule has 0 N–H and O–H groups in total. The summed E-state index contributed by atoms with van der Waals surface area (Å²) >= 11 is 0. The van der Waals surface area contributed by atoms with Crippen LogP contribution in [0.1, 0.15) is 12.6 Å². The summed E-state index contributed by atoms with van der Waals surface area (Å²) in [5.41, 5.74) is 2.03. The first kappa shape index (κ1) is 12.5. The fourth-order valence-electron chi connectivity index (χ4n) is 1.56. The van der Waals surface area contributed by atoms with Gasteiger partial charge < -0.3 is 9.64 Å². The number of hydrogen-bond donors (Lipinski definition) is 0. The summed E-state index contributed by atoms with van der Waals surface area (Å²) in [7, 11) is 3.36. The first-order valence-corrected chi connectivity index (χ1v) is 5.26. The van der Waals surface area contributed by atoms with Crippen molar-refractivity contribution in [1.82, 2.24) is 4.98 Å². The summed E-state index contributed by atoms with van der Waals surface area (Å²) in [5, 5.41) is 0. The van der Waals surface area contributed by atoms with E-state index in [0.717, 1.165) is 11.4 Å². The Morgan fingerprint density at radius 2 is 2.31 bits per heavy atom. The Hall–Kier alpha value is -1.58. The monoisotopic (exact) mass is 222 g/mol. The van der Waals surface area contributed by atoms with E-state index >= 15 is 0 Å². The van der Waals surface area contributed by atoms with Crippen LogP contribution >= 0.6 is 0 Å². The molecule has 88 valence electrons. The van der Waals surface area contributed by atoms with Crippen LogP contribution < -0.4 is 4.90 Å². The SMILES string of the molecule is COC(=O)C(C)CN(C)c1ccnc(C)c1. The third-order valence-corrected chi connectivity index (χ3v) is 2.47. The standard InChI is InChI=1S/C12H18N2O2/c1-9(12(15)16-4)8-14(3)11-5-6-13-10(2)7-11/h5-7,9H,8H2,1-4H3. The van der Waals surface area contributed by atoms with Gasteiger partial charge in [-0.25, -0.2) is 0 Å². The van der Waals surface area contributed by atoms with E-state index in [4.69, 9.17) is 4.74 Å². The minimum absolute atomic E-state index is 0.136. The first-order chi connectivity index (χ1) is 7.54. The summed E-state index contributed by atoms with van der Waals surface area (Å²) in [6.45, 7) is 4.44. The molecule has 1 rings (SSSR count). The number of esters is 1. The summed E-state index contributed by atoms with van der Waals surface area (Å²) in [4.78, 5) is 17.4. The van der Waals surface area contributed by atoms with E-state index in [1.807, 2.05) is 37.9 Å². The summed E-state index contributed by atoms with van der Waals surface area (Å²) in [6.07, 6.45) is 1.77. The van der Waals surface area contributed by atoms with Gasteiger partial charge in [-0.1, -0.05) is 6.92 Å². The zero-order valence-corrected chi connectivity index (χ0v) is 10.2. The van der Waals surface area contributed by atoms with E-state index in [9.17, 15) is 4.79 Å². The van der Waals surface area contributed by atoms with Gasteiger partial charge in [-0.3, -0.25) is 9.78 Å². The number of rotatable bonds is 4. The van der Waals surface area contributed by atoms with E-state index in [1.54, 1.807) is 6.20 Å². The molecule has 1 aromatic heterocycles. The lowest BCUT2D eigenvalue weighted by Crippen LogP contribution is -2.29. The van der Waals surface area contributed by atoms with Crippen LogP contribution in [0.15, 0.2) is 18.3 Å². The number of pyridine rings is 1. The molecule has 1 atom stereocenters. The molecule has 0 fully saturated rings. The largest absolute Gasteiger partial charge is 0.469 e. The smallest absolute Gasteiger partial charge is 0.310 e. The van der Waals surface area contributed by atoms with Crippen LogP contribution in [-0.2, 0) is 9.53 Å². The Labute approximate surface area is 96.2 Å². The maximum atomic E-state index is 11.3. The molecule has 16 heavy (non-hydrogen) atoms. The predicted octanol–water partition coefficient (Wildman–Crippen LogP) is 1.64. The highest BCUT2D eigenvalue weighted by Gasteiger charge is 2.15. The molecule has 0 aliphatic rings. The normalized spacial score (nSPS) is 12.0. The van der Waals surface area contributed by atoms with E-state index in [1.165, 1.54) is 7.11 Å². The number of nitrogens with zero attached hydrogens (tertiary/aromatic N) is 2. The molecule has 0 saturated carbocycles. The van der Waals surface area contributed by atoms with Crippen molar-refractivity contribution in [2.75, 3.05) is 25.6 Å². The number of methoxy groups -OCH3 is 1. The van der Waals surface area contributed by atoms with Crippen LogP contribution in [0.5, 0.6) is 0 Å². The number of aryl methyl sites for hydroxylation is 1. The van der Waals surface area contributed by atoms with Crippen LogP contribution in [0.4, 0.5) is 5.69 Å². The fraction of sp³-hybridized carbons (Fsp3) is 0.500. The molecule has 0 aliphatic heterocycles. The third kappa shape index (κ3) is 3.22. The number of hydrogen-bond acceptors (Lipinski definition) is 4. The topological polar surface area (TPSA) is 42.4 Å². The average Bonchev–Trinajstić information content (AvgIpc) is 2.27. The second kappa shape index (κ2) is 5.49. The summed E-state index contributed by atoms with van der Waals surface area (Å²) in [6, 6.07) is 3.92. The molecule has 0 saturated heterocycles. The summed E-state index contributed by atoms with van der Waals surface area (Å²) in [5.74, 6) is -0.318. The molecular formula is C12H18N2O2. The molecule has 4 nitrogen and oxygen atoms in total. The second-order valence-electron chi connectivity index (χ2n) is 3.96. The molecule has 1 aromatic rings. The van der Waals surface area contributed by atoms with Crippen molar-refractivity contribution >= 4 is 11.7 Å². The van der Waals surface area contributed by atoms with Gasteiger partial charge in [-0.15, -0.1) is 0 Å². The number of ether oxygens (including phenoxy) is 1. The molecule has 1 unspecified atom stereocenters. The van der Waals surface area contributed by atoms with Gasteiger partial charge in [-0.2, -0.15) is 0 Å². The Balaban J connectivity index is 2.65. The van der Waals surface area contributed by atoms with Gasteiger partial charge in [0.15, 0.2) is 0 Å². The average molecular weight is 222 g/mol. The lowest BCUT2D eigenvalue weighted by Gasteiger charge is -2.22. The predicted molar refractivity (Wildman–Crippen MR) is 63.4 cm³/mol. The van der Waals surface area contributed by atoms with E-state index in [0.29, 0.717) is 6.54 Å². The Morgan fingerprint density at radius 1 is 1.62 bits per heavy atom. The third-order valence-electron chi connectivity index (χ3n) is 2.47. The molecule has 0 bridgehead atoms. The van der Waals surface area contributed by atoms with Crippen molar-refractivity contribution in [2.45, 2.75) is 13.8 Å². The van der Waals surface area contributed by atoms with Crippen molar-refractivity contribution in [3.05, 3.63) is 24.0 Å². The highest BCUT2D eigenvalue weighted by atomic mass is 16.5. The Morgan fingerprint density at radius 3 is 2.88 bits per heavy atom. The first-order valence-electron chi connectivity index (χ1n) is 5.26. The van der Waals surface area contributed by atoms with E-state index in [-0.39, 0.29) is 11.9 Å². The fourth-order valence-corrected chi connectivity index (χ4v) is 1.56. The Bertz CT molecular complexity index is 366. The van der Waals surface area contributed by atoms with Crippen molar-refractivity contribution in [2.24, 2.45) is 5.92 Å². The second-order valence-corrected chi connectivity index (χ2v) is 3.96. The lowest BCUT2D eigenvalue weighted by atomic mass is 10.1. The highest BCUT2D eigenvalue weighted by molar-refractivity contribution is 5.72. The van der Waals surface area contributed by atoms with Gasteiger partial charge in [0, 0.05) is 31.2 Å². The molecule has 4 heteroatoms. The molecule has 0 spiro atoms. The Kier molecular flexibility index (Phi) is 4.28. The van der Waals surface area contributed by atoms with E-state index < -0.39 is 0 Å². The van der Waals surface area contributed by atoms with Crippen LogP contribution in [0, 0.1) is 12.8 Å². The molecule has 0 aromatic carbocycles. The number of carbonyl (C=O) groups is 1. The van der Waals surface area contributed by atoms with Gasteiger partial charge >= 0.3 is 5.97 Å². The minimum Gasteiger partial charge on any atom is -0.469 e. The van der Waals surface area contributed by atoms with Gasteiger partial charge in [0.25, 0.3) is 0 Å². The quantitative estimate of drug-likeness (QED) is 0.726. The number of carbonyl (C=O) groups excluding carboxylic acids is 1. The zero-order chi connectivity index (χ0) is 12.1. The number of anilines is 1. The van der Waals surface area contributed by atoms with Crippen molar-refractivity contribution in [3.63, 3.8) is 0 Å². The zero-order valence-electron chi connectivity index (χ0n) is 10.2. The van der Waals surface area contributed by atoms with Crippen molar-refractivity contribution < 1.29 is 9.53 Å². The molecule has 0 amide bonds. The van der Waals surface area contributed by atoms with Crippen molar-refractivity contribution in [3.8, 4) is 0 Å². The highest BCUT2D eigenvalue weighted by Crippen LogP contribution is 2.14. The molecule has 1 heterocycles. The van der Waals surface area contributed by atoms with Crippen LogP contribution in [0.2, 0.25) is 0 Å². The lowest BCUT2D eigenvalue weighted by molar-refractivity contribution is -0.144. The number of aromatic nitrogens is 1. The van der Waals surface area contributed by atoms with Crippen LogP contribution in [0.3, 0.4) is 0 Å². The molecule has 0 aliphatic carbocycles. The van der Waals surface area contributed by atoms with Gasteiger partial charge in [0.2, 0.25) is 0 Å². The van der Waals surface area contributed by atoms with Crippen molar-refractivity contribution in [1.29, 1.82) is 0 Å². The van der Waals surface area contributed by atoms with Gasteiger partial charge in [-0.05, 0) is 19.1 Å².